The van der Waals surface area contributed by atoms with Gasteiger partial charge in [0.1, 0.15) is 5.82 Å². The van der Waals surface area contributed by atoms with Crippen LogP contribution in [0.3, 0.4) is 0 Å². The Morgan fingerprint density at radius 1 is 1.29 bits per heavy atom. The SMILES string of the molecule is CCOC(=O)CC(B1OC(C)(C)C(C)(C)O1)c1cc(F)ccc1Br. The van der Waals surface area contributed by atoms with E-state index < -0.39 is 24.1 Å². The van der Waals surface area contributed by atoms with Crippen LogP contribution in [-0.2, 0) is 18.8 Å². The third kappa shape index (κ3) is 4.00. The monoisotopic (exact) mass is 400 g/mol. The van der Waals surface area contributed by atoms with Crippen molar-refractivity contribution in [2.24, 2.45) is 0 Å². The molecule has 1 aliphatic rings. The minimum Gasteiger partial charge on any atom is -0.466 e. The van der Waals surface area contributed by atoms with Gasteiger partial charge in [-0.1, -0.05) is 15.9 Å². The summed E-state index contributed by atoms with van der Waals surface area (Å²) in [6.45, 7) is 9.80. The molecule has 1 unspecified atom stereocenters. The maximum atomic E-state index is 13.8. The summed E-state index contributed by atoms with van der Waals surface area (Å²) in [6, 6.07) is 4.38. The summed E-state index contributed by atoms with van der Waals surface area (Å²) >= 11 is 3.43. The normalized spacial score (nSPS) is 20.0. The Morgan fingerprint density at radius 2 is 1.88 bits per heavy atom. The van der Waals surface area contributed by atoms with Crippen molar-refractivity contribution in [2.75, 3.05) is 6.61 Å². The lowest BCUT2D eigenvalue weighted by atomic mass is 9.66. The summed E-state index contributed by atoms with van der Waals surface area (Å²) in [5.74, 6) is -1.22. The maximum absolute atomic E-state index is 13.8. The predicted octanol–water partition coefficient (Wildman–Crippen LogP) is 4.26. The van der Waals surface area contributed by atoms with Gasteiger partial charge in [-0.25, -0.2) is 4.39 Å². The zero-order valence-electron chi connectivity index (χ0n) is 14.7. The second-order valence-electron chi connectivity index (χ2n) is 6.91. The fourth-order valence-corrected chi connectivity index (χ4v) is 3.14. The first kappa shape index (κ1) is 19.4. The third-order valence-electron chi connectivity index (χ3n) is 4.65. The van der Waals surface area contributed by atoms with Gasteiger partial charge in [0, 0.05) is 10.3 Å². The highest BCUT2D eigenvalue weighted by atomic mass is 79.9. The molecule has 0 N–H and O–H groups in total. The number of benzene rings is 1. The van der Waals surface area contributed by atoms with Crippen molar-refractivity contribution >= 4 is 29.0 Å². The quantitative estimate of drug-likeness (QED) is 0.547. The number of hydrogen-bond donors (Lipinski definition) is 0. The van der Waals surface area contributed by atoms with Crippen LogP contribution in [0.1, 0.15) is 52.4 Å². The van der Waals surface area contributed by atoms with E-state index in [1.807, 2.05) is 27.7 Å². The number of halogens is 2. The number of carbonyl (C=O) groups excluding carboxylic acids is 1. The van der Waals surface area contributed by atoms with E-state index in [2.05, 4.69) is 15.9 Å². The maximum Gasteiger partial charge on any atom is 0.466 e. The summed E-state index contributed by atoms with van der Waals surface area (Å²) in [6.07, 6.45) is 0.0483. The Bertz CT molecular complexity index is 605. The van der Waals surface area contributed by atoms with Gasteiger partial charge in [0.2, 0.25) is 0 Å². The molecule has 24 heavy (non-hydrogen) atoms. The fourth-order valence-electron chi connectivity index (χ4n) is 2.60. The van der Waals surface area contributed by atoms with Gasteiger partial charge in [-0.15, -0.1) is 0 Å². The number of carbonyl (C=O) groups is 1. The van der Waals surface area contributed by atoms with Gasteiger partial charge < -0.3 is 14.0 Å². The van der Waals surface area contributed by atoms with E-state index in [1.165, 1.54) is 12.1 Å². The lowest BCUT2D eigenvalue weighted by molar-refractivity contribution is -0.143. The molecule has 1 fully saturated rings. The number of hydrogen-bond acceptors (Lipinski definition) is 4. The van der Waals surface area contributed by atoms with E-state index in [0.29, 0.717) is 16.6 Å². The number of ether oxygens (including phenoxy) is 1. The average molecular weight is 401 g/mol. The first-order valence-electron chi connectivity index (χ1n) is 8.03. The molecule has 7 heteroatoms. The van der Waals surface area contributed by atoms with Crippen molar-refractivity contribution in [2.45, 2.75) is 58.1 Å². The molecule has 1 saturated heterocycles. The van der Waals surface area contributed by atoms with E-state index in [-0.39, 0.29) is 18.2 Å². The van der Waals surface area contributed by atoms with Crippen molar-refractivity contribution in [3.8, 4) is 0 Å². The molecule has 1 atom stereocenters. The molecule has 132 valence electrons. The summed E-state index contributed by atoms with van der Waals surface area (Å²) in [4.78, 5) is 12.1. The first-order valence-corrected chi connectivity index (χ1v) is 8.83. The molecular weight excluding hydrogens is 378 g/mol. The first-order chi connectivity index (χ1) is 11.1. The van der Waals surface area contributed by atoms with Crippen LogP contribution in [0.2, 0.25) is 0 Å². The van der Waals surface area contributed by atoms with Crippen LogP contribution >= 0.6 is 15.9 Å². The lowest BCUT2D eigenvalue weighted by Gasteiger charge is -2.32. The highest BCUT2D eigenvalue weighted by Gasteiger charge is 2.54. The highest BCUT2D eigenvalue weighted by molar-refractivity contribution is 9.10. The van der Waals surface area contributed by atoms with Crippen molar-refractivity contribution in [1.82, 2.24) is 0 Å². The predicted molar refractivity (Wildman–Crippen MR) is 94.2 cm³/mol. The molecule has 2 rings (SSSR count). The zero-order valence-corrected chi connectivity index (χ0v) is 16.3. The highest BCUT2D eigenvalue weighted by Crippen LogP contribution is 2.43. The van der Waals surface area contributed by atoms with Crippen LogP contribution in [0, 0.1) is 5.82 Å². The van der Waals surface area contributed by atoms with Crippen LogP contribution in [0.15, 0.2) is 22.7 Å². The molecule has 0 bridgehead atoms. The molecular formula is C17H23BBrFO4. The van der Waals surface area contributed by atoms with E-state index in [1.54, 1.807) is 13.0 Å². The Hall–Kier alpha value is -0.915. The molecule has 4 nitrogen and oxygen atoms in total. The Kier molecular flexibility index (Phi) is 5.77. The average Bonchev–Trinajstić information content (AvgIpc) is 2.68. The van der Waals surface area contributed by atoms with Crippen molar-refractivity contribution in [3.05, 3.63) is 34.1 Å². The Labute approximate surface area is 151 Å². The van der Waals surface area contributed by atoms with Crippen LogP contribution in [-0.4, -0.2) is 30.9 Å². The fraction of sp³-hybridized carbons (Fsp3) is 0.588. The largest absolute Gasteiger partial charge is 0.466 e. The van der Waals surface area contributed by atoms with Crippen molar-refractivity contribution in [1.29, 1.82) is 0 Å². The molecule has 1 heterocycles. The smallest absolute Gasteiger partial charge is 0.466 e. The van der Waals surface area contributed by atoms with Gasteiger partial charge in [-0.3, -0.25) is 4.79 Å². The topological polar surface area (TPSA) is 44.8 Å². The van der Waals surface area contributed by atoms with E-state index >= 15 is 0 Å². The van der Waals surface area contributed by atoms with Gasteiger partial charge >= 0.3 is 13.1 Å². The second-order valence-corrected chi connectivity index (χ2v) is 7.76. The molecule has 1 aromatic carbocycles. The standard InChI is InChI=1S/C17H23BBrFO4/c1-6-22-15(21)10-13(12-9-11(20)7-8-14(12)19)18-23-16(2,3)17(4,5)24-18/h7-9,13H,6,10H2,1-5H3. The van der Waals surface area contributed by atoms with Gasteiger partial charge in [0.25, 0.3) is 0 Å². The van der Waals surface area contributed by atoms with E-state index in [4.69, 9.17) is 14.0 Å². The van der Waals surface area contributed by atoms with Crippen LogP contribution in [0.4, 0.5) is 4.39 Å². The van der Waals surface area contributed by atoms with E-state index in [0.717, 1.165) is 0 Å². The Morgan fingerprint density at radius 3 is 2.42 bits per heavy atom. The number of rotatable bonds is 5. The number of esters is 1. The van der Waals surface area contributed by atoms with Gasteiger partial charge in [0.15, 0.2) is 0 Å². The molecule has 0 aliphatic carbocycles. The third-order valence-corrected chi connectivity index (χ3v) is 5.37. The molecule has 1 aromatic rings. The van der Waals surface area contributed by atoms with Gasteiger partial charge in [-0.2, -0.15) is 0 Å². The summed E-state index contributed by atoms with van der Waals surface area (Å²) < 4.78 is 31.7. The van der Waals surface area contributed by atoms with Crippen LogP contribution in [0.25, 0.3) is 0 Å². The summed E-state index contributed by atoms with van der Waals surface area (Å²) in [5.41, 5.74) is -0.448. The van der Waals surface area contributed by atoms with Crippen molar-refractivity contribution < 1.29 is 23.2 Å². The molecule has 0 aromatic heterocycles. The summed E-state index contributed by atoms with van der Waals surface area (Å²) in [5, 5.41) is 0. The molecule has 0 radical (unpaired) electrons. The lowest BCUT2D eigenvalue weighted by Crippen LogP contribution is -2.41. The minimum atomic E-state index is -0.669. The molecule has 0 amide bonds. The molecule has 0 spiro atoms. The second kappa shape index (κ2) is 7.14. The Balaban J connectivity index is 2.37. The molecule has 1 aliphatic heterocycles. The van der Waals surface area contributed by atoms with Gasteiger partial charge in [-0.05, 0) is 58.4 Å². The van der Waals surface area contributed by atoms with Gasteiger partial charge in [0.05, 0.1) is 24.2 Å². The summed E-state index contributed by atoms with van der Waals surface area (Å²) in [7, 11) is -0.669. The minimum absolute atomic E-state index is 0.0483. The van der Waals surface area contributed by atoms with Crippen molar-refractivity contribution in [3.63, 3.8) is 0 Å². The molecule has 0 saturated carbocycles. The van der Waals surface area contributed by atoms with Crippen LogP contribution < -0.4 is 0 Å². The van der Waals surface area contributed by atoms with Crippen LogP contribution in [0.5, 0.6) is 0 Å². The zero-order chi connectivity index (χ0) is 18.1. The van der Waals surface area contributed by atoms with E-state index in [9.17, 15) is 9.18 Å².